The maximum Gasteiger partial charge on any atom is 0.258 e. The summed E-state index contributed by atoms with van der Waals surface area (Å²) in [7, 11) is 0. The van der Waals surface area contributed by atoms with Crippen LogP contribution in [0.1, 0.15) is 5.56 Å². The van der Waals surface area contributed by atoms with E-state index < -0.39 is 0 Å². The van der Waals surface area contributed by atoms with E-state index in [1.54, 1.807) is 24.3 Å². The van der Waals surface area contributed by atoms with Gasteiger partial charge in [-0.15, -0.1) is 10.2 Å². The normalized spacial score (nSPS) is 12.0. The minimum Gasteiger partial charge on any atom is -0.484 e. The van der Waals surface area contributed by atoms with Crippen LogP contribution >= 0.6 is 0 Å². The van der Waals surface area contributed by atoms with Crippen molar-refractivity contribution in [1.82, 2.24) is 15.5 Å². The van der Waals surface area contributed by atoms with Crippen LogP contribution in [0.3, 0.4) is 0 Å². The van der Waals surface area contributed by atoms with E-state index in [1.807, 2.05) is 18.2 Å². The van der Waals surface area contributed by atoms with E-state index in [0.717, 1.165) is 11.1 Å². The number of carbonyl (C=O) groups is 1. The van der Waals surface area contributed by atoms with E-state index in [2.05, 4.69) is 15.5 Å². The lowest BCUT2D eigenvalue weighted by Crippen LogP contribution is -2.28. The van der Waals surface area contributed by atoms with Crippen molar-refractivity contribution in [2.24, 2.45) is 0 Å². The summed E-state index contributed by atoms with van der Waals surface area (Å²) in [6.07, 6.45) is 1.27. The van der Waals surface area contributed by atoms with Crippen molar-refractivity contribution in [3.63, 3.8) is 0 Å². The second kappa shape index (κ2) is 7.14. The third-order valence-corrected chi connectivity index (χ3v) is 3.76. The molecule has 0 aliphatic carbocycles. The van der Waals surface area contributed by atoms with Gasteiger partial charge in [-0.05, 0) is 42.0 Å². The molecular formula is C18H15N3O5. The van der Waals surface area contributed by atoms with Gasteiger partial charge in [-0.3, -0.25) is 4.79 Å². The highest BCUT2D eigenvalue weighted by atomic mass is 16.7. The monoisotopic (exact) mass is 353 g/mol. The lowest BCUT2D eigenvalue weighted by atomic mass is 10.2. The van der Waals surface area contributed by atoms with Crippen molar-refractivity contribution >= 4 is 5.91 Å². The smallest absolute Gasteiger partial charge is 0.258 e. The molecule has 0 saturated carbocycles. The van der Waals surface area contributed by atoms with E-state index >= 15 is 0 Å². The summed E-state index contributed by atoms with van der Waals surface area (Å²) in [5, 5.41) is 10.3. The van der Waals surface area contributed by atoms with E-state index in [9.17, 15) is 4.79 Å². The number of hydrogen-bond donors (Lipinski definition) is 1. The number of carbonyl (C=O) groups excluding carboxylic acids is 1. The van der Waals surface area contributed by atoms with Gasteiger partial charge in [-0.2, -0.15) is 0 Å². The molecule has 0 radical (unpaired) electrons. The van der Waals surface area contributed by atoms with Gasteiger partial charge in [0.25, 0.3) is 5.91 Å². The second-order valence-corrected chi connectivity index (χ2v) is 5.52. The van der Waals surface area contributed by atoms with E-state index in [4.69, 9.17) is 18.6 Å². The average molecular weight is 353 g/mol. The second-order valence-electron chi connectivity index (χ2n) is 5.52. The molecule has 0 atom stereocenters. The fourth-order valence-electron chi connectivity index (χ4n) is 2.44. The minimum atomic E-state index is -0.219. The molecular weight excluding hydrogens is 338 g/mol. The average Bonchev–Trinajstić information content (AvgIpc) is 3.36. The number of nitrogens with one attached hydrogen (secondary N) is 1. The van der Waals surface area contributed by atoms with Gasteiger partial charge in [0.05, 0.1) is 0 Å². The molecule has 1 aromatic heterocycles. The van der Waals surface area contributed by atoms with Crippen LogP contribution in [0.4, 0.5) is 0 Å². The molecule has 0 bridgehead atoms. The molecule has 1 N–H and O–H groups in total. The van der Waals surface area contributed by atoms with Crippen molar-refractivity contribution in [2.75, 3.05) is 13.4 Å². The van der Waals surface area contributed by atoms with E-state index in [0.29, 0.717) is 29.7 Å². The number of ether oxygens (including phenoxy) is 3. The van der Waals surface area contributed by atoms with Crippen LogP contribution in [0.15, 0.2) is 53.3 Å². The summed E-state index contributed by atoms with van der Waals surface area (Å²) >= 11 is 0. The SMILES string of the molecule is O=C(COc1ccc(-c2nnco2)cc1)NCc1ccc2c(c1)OCO2. The van der Waals surface area contributed by atoms with Crippen LogP contribution in [-0.2, 0) is 11.3 Å². The highest BCUT2D eigenvalue weighted by Crippen LogP contribution is 2.32. The number of fused-ring (bicyclic) bond motifs is 1. The van der Waals surface area contributed by atoms with Crippen LogP contribution in [0.25, 0.3) is 11.5 Å². The van der Waals surface area contributed by atoms with Crippen molar-refractivity contribution in [2.45, 2.75) is 6.54 Å². The molecule has 26 heavy (non-hydrogen) atoms. The fraction of sp³-hybridized carbons (Fsp3) is 0.167. The molecule has 2 aromatic carbocycles. The van der Waals surface area contributed by atoms with Gasteiger partial charge < -0.3 is 23.9 Å². The maximum absolute atomic E-state index is 12.0. The Bertz CT molecular complexity index is 894. The molecule has 0 unspecified atom stereocenters. The molecule has 4 rings (SSSR count). The maximum atomic E-state index is 12.0. The summed E-state index contributed by atoms with van der Waals surface area (Å²) in [6, 6.07) is 12.6. The van der Waals surface area contributed by atoms with Crippen molar-refractivity contribution in [1.29, 1.82) is 0 Å². The molecule has 3 aromatic rings. The molecule has 1 aliphatic heterocycles. The van der Waals surface area contributed by atoms with Gasteiger partial charge in [-0.1, -0.05) is 6.07 Å². The first-order valence-corrected chi connectivity index (χ1v) is 7.92. The first kappa shape index (κ1) is 15.9. The number of nitrogens with zero attached hydrogens (tertiary/aromatic N) is 2. The summed E-state index contributed by atoms with van der Waals surface area (Å²) in [6.45, 7) is 0.531. The van der Waals surface area contributed by atoms with Gasteiger partial charge in [0.1, 0.15) is 5.75 Å². The number of aromatic nitrogens is 2. The molecule has 0 spiro atoms. The third-order valence-electron chi connectivity index (χ3n) is 3.76. The van der Waals surface area contributed by atoms with Crippen LogP contribution < -0.4 is 19.5 Å². The van der Waals surface area contributed by atoms with Gasteiger partial charge in [0, 0.05) is 12.1 Å². The topological polar surface area (TPSA) is 95.7 Å². The first-order chi connectivity index (χ1) is 12.8. The Labute approximate surface area is 148 Å². The summed E-state index contributed by atoms with van der Waals surface area (Å²) < 4.78 is 21.2. The Morgan fingerprint density at radius 1 is 1.12 bits per heavy atom. The van der Waals surface area contributed by atoms with Crippen molar-refractivity contribution < 1.29 is 23.4 Å². The predicted octanol–water partition coefficient (Wildman–Crippen LogP) is 2.16. The lowest BCUT2D eigenvalue weighted by molar-refractivity contribution is -0.123. The van der Waals surface area contributed by atoms with E-state index in [1.165, 1.54) is 6.39 Å². The molecule has 0 saturated heterocycles. The molecule has 8 nitrogen and oxygen atoms in total. The molecule has 1 amide bonds. The van der Waals surface area contributed by atoms with Crippen LogP contribution in [0, 0.1) is 0 Å². The first-order valence-electron chi connectivity index (χ1n) is 7.92. The minimum absolute atomic E-state index is 0.0789. The summed E-state index contributed by atoms with van der Waals surface area (Å²) in [5.41, 5.74) is 1.70. The van der Waals surface area contributed by atoms with Gasteiger partial charge >= 0.3 is 0 Å². The van der Waals surface area contributed by atoms with Gasteiger partial charge in [-0.25, -0.2) is 0 Å². The molecule has 2 heterocycles. The number of amides is 1. The summed E-state index contributed by atoms with van der Waals surface area (Å²) in [5.74, 6) is 2.19. The highest BCUT2D eigenvalue weighted by molar-refractivity contribution is 5.77. The zero-order valence-corrected chi connectivity index (χ0v) is 13.7. The number of benzene rings is 2. The summed E-state index contributed by atoms with van der Waals surface area (Å²) in [4.78, 5) is 12.0. The van der Waals surface area contributed by atoms with Crippen molar-refractivity contribution in [3.8, 4) is 28.7 Å². The molecule has 132 valence electrons. The van der Waals surface area contributed by atoms with Crippen LogP contribution in [0.2, 0.25) is 0 Å². The largest absolute Gasteiger partial charge is 0.484 e. The quantitative estimate of drug-likeness (QED) is 0.725. The lowest BCUT2D eigenvalue weighted by Gasteiger charge is -2.08. The molecule has 8 heteroatoms. The Balaban J connectivity index is 1.26. The Hall–Kier alpha value is -3.55. The number of rotatable bonds is 6. The van der Waals surface area contributed by atoms with E-state index in [-0.39, 0.29) is 19.3 Å². The highest BCUT2D eigenvalue weighted by Gasteiger charge is 2.13. The van der Waals surface area contributed by atoms with Gasteiger partial charge in [0.15, 0.2) is 18.1 Å². The van der Waals surface area contributed by atoms with Crippen molar-refractivity contribution in [3.05, 3.63) is 54.4 Å². The fourth-order valence-corrected chi connectivity index (χ4v) is 2.44. The zero-order valence-electron chi connectivity index (χ0n) is 13.7. The standard InChI is InChI=1S/C18H15N3O5/c22-17(19-8-12-1-6-15-16(7-12)26-11-25-15)9-23-14-4-2-13(3-5-14)18-21-20-10-24-18/h1-7,10H,8-9,11H2,(H,19,22). The Kier molecular flexibility index (Phi) is 4.38. The van der Waals surface area contributed by atoms with Crippen LogP contribution in [-0.4, -0.2) is 29.5 Å². The number of hydrogen-bond acceptors (Lipinski definition) is 7. The Morgan fingerprint density at radius 2 is 1.96 bits per heavy atom. The molecule has 0 fully saturated rings. The van der Waals surface area contributed by atoms with Crippen LogP contribution in [0.5, 0.6) is 17.2 Å². The van der Waals surface area contributed by atoms with Gasteiger partial charge in [0.2, 0.25) is 19.1 Å². The zero-order chi connectivity index (χ0) is 17.8. The predicted molar refractivity (Wildman–Crippen MR) is 89.6 cm³/mol. The third kappa shape index (κ3) is 3.59. The molecule has 1 aliphatic rings. The Morgan fingerprint density at radius 3 is 2.77 bits per heavy atom.